The number of Topliss-reactive ketones (excluding diaryl/α,β-unsaturated/α-hetero) is 1. The van der Waals surface area contributed by atoms with Crippen molar-refractivity contribution in [3.63, 3.8) is 0 Å². The predicted octanol–water partition coefficient (Wildman–Crippen LogP) is 2.82. The van der Waals surface area contributed by atoms with Crippen LogP contribution in [0, 0.1) is 9.93 Å². The normalized spacial score (nSPS) is 23.6. The second kappa shape index (κ2) is 18.8. The Bertz CT molecular complexity index is 659. The van der Waals surface area contributed by atoms with Crippen molar-refractivity contribution in [2.24, 2.45) is 0 Å². The Morgan fingerprint density at radius 3 is 1.65 bits per heavy atom. The minimum atomic E-state index is -0.148. The van der Waals surface area contributed by atoms with Crippen molar-refractivity contribution in [3.8, 4) is 0 Å². The highest BCUT2D eigenvalue weighted by atomic mass is 16.7. The lowest BCUT2D eigenvalue weighted by Gasteiger charge is -1.97. The van der Waals surface area contributed by atoms with Crippen LogP contribution in [0.4, 0.5) is 0 Å². The lowest BCUT2D eigenvalue weighted by atomic mass is 10.2. The number of ketones is 2. The average Bonchev–Trinajstić information content (AvgIpc) is 3.71. The molecule has 4 heterocycles. The van der Waals surface area contributed by atoms with Gasteiger partial charge in [0, 0.05) is 35.6 Å². The van der Waals surface area contributed by atoms with Crippen LogP contribution in [0.5, 0.6) is 0 Å². The van der Waals surface area contributed by atoms with E-state index in [2.05, 4.69) is 19.7 Å². The van der Waals surface area contributed by atoms with E-state index in [1.54, 1.807) is 13.0 Å². The zero-order valence-electron chi connectivity index (χ0n) is 20.0. The van der Waals surface area contributed by atoms with Crippen LogP contribution < -0.4 is 0 Å². The molecule has 4 fully saturated rings. The van der Waals surface area contributed by atoms with Crippen LogP contribution in [0.1, 0.15) is 39.5 Å². The standard InChI is InChI=1S/C6H10O3.C6H10O2.C6H8O2.C6H8O.O2/c1-2-6(7)9-4-5-3-8-5;2*1-2-5(7)3-6-4-8-6;1-3-5(2)6-4-7-6;1-2/h5H,2-4H2,1H3;6H,2-4H2,1H3;2,6H,1,3-4H2;3,6H,1-2,4H2;. The van der Waals surface area contributed by atoms with E-state index in [1.807, 2.05) is 6.92 Å². The summed E-state index contributed by atoms with van der Waals surface area (Å²) in [4.78, 5) is 45.5. The fourth-order valence-electron chi connectivity index (χ4n) is 1.92. The molecule has 4 aliphatic heterocycles. The van der Waals surface area contributed by atoms with Gasteiger partial charge in [-0.1, -0.05) is 39.7 Å². The van der Waals surface area contributed by atoms with Gasteiger partial charge in [0.25, 0.3) is 0 Å². The third-order valence-electron chi connectivity index (χ3n) is 4.44. The van der Waals surface area contributed by atoms with E-state index >= 15 is 0 Å². The van der Waals surface area contributed by atoms with Crippen molar-refractivity contribution in [3.05, 3.63) is 47.4 Å². The molecular weight excluding hydrogens is 448 g/mol. The van der Waals surface area contributed by atoms with Gasteiger partial charge in [-0.15, -0.1) is 0 Å². The quantitative estimate of drug-likeness (QED) is 0.186. The Labute approximate surface area is 200 Å². The summed E-state index contributed by atoms with van der Waals surface area (Å²) >= 11 is 0. The van der Waals surface area contributed by atoms with Crippen molar-refractivity contribution < 1.29 is 38.1 Å². The number of hydrogen-bond donors (Lipinski definition) is 0. The first-order chi connectivity index (χ1) is 16.3. The van der Waals surface area contributed by atoms with Crippen LogP contribution in [0.2, 0.25) is 0 Å². The van der Waals surface area contributed by atoms with Gasteiger partial charge in [0.1, 0.15) is 24.6 Å². The SMILES string of the molecule is C=CC(=C)C1CO1.C=CC(=O)CC1CO1.CCC(=O)CC1CO1.CCC(=O)OCC1CO1.O=O. The molecule has 10 nitrogen and oxygen atoms in total. The first-order valence-corrected chi connectivity index (χ1v) is 11.1. The summed E-state index contributed by atoms with van der Waals surface area (Å²) in [5.74, 6) is 0.241. The number of epoxide rings is 4. The first-order valence-electron chi connectivity index (χ1n) is 11.1. The zero-order chi connectivity index (χ0) is 25.9. The maximum Gasteiger partial charge on any atom is 0.305 e. The Balaban J connectivity index is 0.000000418. The van der Waals surface area contributed by atoms with Gasteiger partial charge in [0.15, 0.2) is 5.78 Å². The molecule has 4 saturated heterocycles. The Kier molecular flexibility index (Phi) is 17.4. The molecule has 0 bridgehead atoms. The zero-order valence-corrected chi connectivity index (χ0v) is 20.0. The maximum atomic E-state index is 10.6. The second-order valence-corrected chi connectivity index (χ2v) is 7.47. The molecule has 4 rings (SSSR count). The molecule has 0 aliphatic carbocycles. The predicted molar refractivity (Wildman–Crippen MR) is 126 cm³/mol. The highest BCUT2D eigenvalue weighted by Gasteiger charge is 2.25. The molecule has 34 heavy (non-hydrogen) atoms. The molecule has 0 aromatic rings. The largest absolute Gasteiger partial charge is 0.463 e. The highest BCUT2D eigenvalue weighted by molar-refractivity contribution is 5.89. The fourth-order valence-corrected chi connectivity index (χ4v) is 1.92. The summed E-state index contributed by atoms with van der Waals surface area (Å²) in [5.41, 5.74) is 1.00. The molecule has 0 spiro atoms. The summed E-state index contributed by atoms with van der Waals surface area (Å²) in [6, 6.07) is 0. The minimum Gasteiger partial charge on any atom is -0.463 e. The molecule has 4 aliphatic rings. The first kappa shape index (κ1) is 31.5. The number of esters is 1. The van der Waals surface area contributed by atoms with E-state index in [1.165, 1.54) is 6.08 Å². The third-order valence-corrected chi connectivity index (χ3v) is 4.44. The number of carbonyl (C=O) groups is 3. The van der Waals surface area contributed by atoms with Gasteiger partial charge in [-0.2, -0.15) is 0 Å². The van der Waals surface area contributed by atoms with E-state index in [9.17, 15) is 14.4 Å². The lowest BCUT2D eigenvalue weighted by Crippen LogP contribution is -2.07. The molecule has 0 radical (unpaired) electrons. The average molecular weight is 485 g/mol. The van der Waals surface area contributed by atoms with Gasteiger partial charge in [0.05, 0.1) is 38.6 Å². The molecule has 10 heteroatoms. The summed E-state index contributed by atoms with van der Waals surface area (Å²) < 4.78 is 24.1. The van der Waals surface area contributed by atoms with Crippen LogP contribution in [0.3, 0.4) is 0 Å². The van der Waals surface area contributed by atoms with Crippen LogP contribution in [0.25, 0.3) is 0 Å². The fraction of sp³-hybridized carbons (Fsp3) is 0.625. The number of allylic oxidation sites excluding steroid dienone is 1. The van der Waals surface area contributed by atoms with Gasteiger partial charge in [-0.3, -0.25) is 14.4 Å². The molecule has 4 unspecified atom stereocenters. The number of hydrogen-bond acceptors (Lipinski definition) is 10. The van der Waals surface area contributed by atoms with Crippen LogP contribution >= 0.6 is 0 Å². The van der Waals surface area contributed by atoms with E-state index in [0.717, 1.165) is 32.0 Å². The van der Waals surface area contributed by atoms with E-state index in [4.69, 9.17) is 33.6 Å². The summed E-state index contributed by atoms with van der Waals surface area (Å²) in [7, 11) is 0. The monoisotopic (exact) mass is 484 g/mol. The van der Waals surface area contributed by atoms with Crippen molar-refractivity contribution in [2.45, 2.75) is 63.9 Å². The molecule has 0 N–H and O–H groups in total. The molecule has 4 atom stereocenters. The Hall–Kier alpha value is -2.53. The molecule has 0 amide bonds. The van der Waals surface area contributed by atoms with E-state index < -0.39 is 0 Å². The summed E-state index contributed by atoms with van der Waals surface area (Å²) in [6.45, 7) is 17.8. The second-order valence-electron chi connectivity index (χ2n) is 7.47. The molecule has 192 valence electrons. The maximum absolute atomic E-state index is 10.6. The minimum absolute atomic E-state index is 0.0764. The molecule has 0 aromatic heterocycles. The number of ether oxygens (including phenoxy) is 5. The highest BCUT2D eigenvalue weighted by Crippen LogP contribution is 2.17. The molecule has 0 aromatic carbocycles. The van der Waals surface area contributed by atoms with Gasteiger partial charge < -0.3 is 23.7 Å². The van der Waals surface area contributed by atoms with Gasteiger partial charge in [0.2, 0.25) is 0 Å². The van der Waals surface area contributed by atoms with E-state index in [0.29, 0.717) is 44.2 Å². The lowest BCUT2D eigenvalue weighted by molar-refractivity contribution is -0.143. The molecule has 0 saturated carbocycles. The van der Waals surface area contributed by atoms with E-state index in [-0.39, 0.29) is 30.1 Å². The van der Waals surface area contributed by atoms with Crippen molar-refractivity contribution in [2.75, 3.05) is 33.0 Å². The van der Waals surface area contributed by atoms with Gasteiger partial charge in [-0.05, 0) is 11.6 Å². The Morgan fingerprint density at radius 2 is 1.32 bits per heavy atom. The van der Waals surface area contributed by atoms with Gasteiger partial charge >= 0.3 is 5.97 Å². The summed E-state index contributed by atoms with van der Waals surface area (Å²) in [5, 5.41) is 0. The molecular formula is C24H36O10. The summed E-state index contributed by atoms with van der Waals surface area (Å²) in [6.07, 6.45) is 6.31. The van der Waals surface area contributed by atoms with Crippen molar-refractivity contribution in [1.82, 2.24) is 0 Å². The third kappa shape index (κ3) is 20.1. The smallest absolute Gasteiger partial charge is 0.305 e. The van der Waals surface area contributed by atoms with Crippen molar-refractivity contribution >= 4 is 17.5 Å². The number of carbonyl (C=O) groups excluding carboxylic acids is 3. The van der Waals surface area contributed by atoms with Crippen molar-refractivity contribution in [1.29, 1.82) is 0 Å². The topological polar surface area (TPSA) is 145 Å². The van der Waals surface area contributed by atoms with Crippen LogP contribution in [-0.4, -0.2) is 75.0 Å². The van der Waals surface area contributed by atoms with Gasteiger partial charge in [-0.25, -0.2) is 0 Å². The van der Waals surface area contributed by atoms with Crippen LogP contribution in [0.15, 0.2) is 37.5 Å². The van der Waals surface area contributed by atoms with Crippen LogP contribution in [-0.2, 0) is 38.1 Å². The number of rotatable bonds is 11. The Morgan fingerprint density at radius 1 is 0.824 bits per heavy atom.